The summed E-state index contributed by atoms with van der Waals surface area (Å²) in [4.78, 5) is 14.6. The van der Waals surface area contributed by atoms with E-state index < -0.39 is 0 Å². The van der Waals surface area contributed by atoms with Crippen molar-refractivity contribution < 1.29 is 4.79 Å². The summed E-state index contributed by atoms with van der Waals surface area (Å²) in [6.45, 7) is 4.28. The molecule has 0 aromatic heterocycles. The fourth-order valence-electron chi connectivity index (χ4n) is 3.67. The molecule has 0 saturated carbocycles. The van der Waals surface area contributed by atoms with E-state index in [1.165, 1.54) is 16.7 Å². The van der Waals surface area contributed by atoms with E-state index >= 15 is 0 Å². The Morgan fingerprint density at radius 1 is 1.12 bits per heavy atom. The lowest BCUT2D eigenvalue weighted by molar-refractivity contribution is -0.130. The lowest BCUT2D eigenvalue weighted by Crippen LogP contribution is -2.30. The van der Waals surface area contributed by atoms with Crippen LogP contribution in [0.2, 0.25) is 0 Å². The van der Waals surface area contributed by atoms with E-state index in [2.05, 4.69) is 55.5 Å². The number of aryl methyl sites for hydroxylation is 2. The Bertz CT molecular complexity index is 689. The number of likely N-dealkylation sites (tertiary alicyclic amines) is 1. The van der Waals surface area contributed by atoms with Crippen molar-refractivity contribution in [1.29, 1.82) is 0 Å². The highest BCUT2D eigenvalue weighted by molar-refractivity contribution is 5.85. The van der Waals surface area contributed by atoms with Gasteiger partial charge < -0.3 is 10.6 Å². The molecule has 2 aromatic rings. The molecule has 3 nitrogen and oxygen atoms in total. The van der Waals surface area contributed by atoms with Crippen molar-refractivity contribution in [1.82, 2.24) is 4.90 Å². The van der Waals surface area contributed by atoms with Crippen LogP contribution < -0.4 is 5.73 Å². The quantitative estimate of drug-likeness (QED) is 0.888. The maximum absolute atomic E-state index is 12.6. The second-order valence-corrected chi connectivity index (χ2v) is 6.80. The minimum atomic E-state index is 0. The maximum Gasteiger partial charge on any atom is 0.222 e. The Kier molecular flexibility index (Phi) is 7.03. The summed E-state index contributed by atoms with van der Waals surface area (Å²) in [5.41, 5.74) is 9.74. The standard InChI is InChI=1S/C21H26N2O.ClH/c1-16-6-5-7-17(12-16)10-11-21(24)23-14-19(13-22)20(15-23)18-8-3-2-4-9-18;/h2-9,12,19-20H,10-11,13-15,22H2,1H3;1H/t19-,20+;/m1./s1. The van der Waals surface area contributed by atoms with Gasteiger partial charge in [0.1, 0.15) is 0 Å². The number of halogens is 1. The van der Waals surface area contributed by atoms with Gasteiger partial charge in [0, 0.05) is 25.4 Å². The van der Waals surface area contributed by atoms with Crippen LogP contribution in [0.5, 0.6) is 0 Å². The number of nitrogens with zero attached hydrogens (tertiary/aromatic N) is 1. The van der Waals surface area contributed by atoms with Gasteiger partial charge in [-0.15, -0.1) is 12.4 Å². The summed E-state index contributed by atoms with van der Waals surface area (Å²) >= 11 is 0. The zero-order valence-corrected chi connectivity index (χ0v) is 15.5. The zero-order valence-electron chi connectivity index (χ0n) is 14.7. The van der Waals surface area contributed by atoms with Gasteiger partial charge in [-0.3, -0.25) is 4.79 Å². The second kappa shape index (κ2) is 9.02. The number of hydrogen-bond acceptors (Lipinski definition) is 2. The molecule has 3 rings (SSSR count). The average molecular weight is 359 g/mol. The highest BCUT2D eigenvalue weighted by Crippen LogP contribution is 2.32. The summed E-state index contributed by atoms with van der Waals surface area (Å²) in [7, 11) is 0. The van der Waals surface area contributed by atoms with Crippen molar-refractivity contribution in [3.05, 3.63) is 71.3 Å². The minimum absolute atomic E-state index is 0. The number of nitrogens with two attached hydrogens (primary N) is 1. The first-order chi connectivity index (χ1) is 11.7. The average Bonchev–Trinajstić information content (AvgIpc) is 3.05. The summed E-state index contributed by atoms with van der Waals surface area (Å²) in [5.74, 6) is 0.961. The molecule has 1 heterocycles. The molecule has 1 aliphatic heterocycles. The number of carbonyl (C=O) groups excluding carboxylic acids is 1. The lowest BCUT2D eigenvalue weighted by atomic mass is 9.89. The SMILES string of the molecule is Cc1cccc(CCC(=O)N2C[C@@H](CN)[C@H](c3ccccc3)C2)c1.Cl. The topological polar surface area (TPSA) is 46.3 Å². The number of carbonyl (C=O) groups is 1. The Morgan fingerprint density at radius 3 is 2.56 bits per heavy atom. The Morgan fingerprint density at radius 2 is 1.88 bits per heavy atom. The third-order valence-corrected chi connectivity index (χ3v) is 5.03. The summed E-state index contributed by atoms with van der Waals surface area (Å²) in [6.07, 6.45) is 1.38. The molecule has 4 heteroatoms. The molecule has 0 aliphatic carbocycles. The molecular formula is C21H27ClN2O. The minimum Gasteiger partial charge on any atom is -0.342 e. The Balaban J connectivity index is 0.00000225. The smallest absolute Gasteiger partial charge is 0.222 e. The van der Waals surface area contributed by atoms with E-state index in [4.69, 9.17) is 5.73 Å². The summed E-state index contributed by atoms with van der Waals surface area (Å²) in [5, 5.41) is 0. The molecule has 0 radical (unpaired) electrons. The molecule has 1 amide bonds. The fourth-order valence-corrected chi connectivity index (χ4v) is 3.67. The van der Waals surface area contributed by atoms with Crippen molar-refractivity contribution >= 4 is 18.3 Å². The number of rotatable bonds is 5. The number of hydrogen-bond donors (Lipinski definition) is 1. The van der Waals surface area contributed by atoms with Crippen molar-refractivity contribution in [3.8, 4) is 0 Å². The molecule has 2 aromatic carbocycles. The molecule has 1 aliphatic rings. The van der Waals surface area contributed by atoms with Crippen LogP contribution in [0.4, 0.5) is 0 Å². The van der Waals surface area contributed by atoms with Crippen LogP contribution >= 0.6 is 12.4 Å². The predicted octanol–water partition coefficient (Wildman–Crippen LogP) is 3.55. The largest absolute Gasteiger partial charge is 0.342 e. The molecule has 0 spiro atoms. The maximum atomic E-state index is 12.6. The lowest BCUT2D eigenvalue weighted by Gasteiger charge is -2.17. The van der Waals surface area contributed by atoms with E-state index in [9.17, 15) is 4.79 Å². The summed E-state index contributed by atoms with van der Waals surface area (Å²) in [6, 6.07) is 18.8. The van der Waals surface area contributed by atoms with Crippen LogP contribution in [0.15, 0.2) is 54.6 Å². The number of amides is 1. The van der Waals surface area contributed by atoms with E-state index in [1.807, 2.05) is 11.0 Å². The summed E-state index contributed by atoms with van der Waals surface area (Å²) < 4.78 is 0. The molecule has 25 heavy (non-hydrogen) atoms. The molecule has 0 bridgehead atoms. The van der Waals surface area contributed by atoms with Gasteiger partial charge >= 0.3 is 0 Å². The molecule has 0 unspecified atom stereocenters. The van der Waals surface area contributed by atoms with Crippen molar-refractivity contribution in [2.75, 3.05) is 19.6 Å². The highest BCUT2D eigenvalue weighted by Gasteiger charge is 2.34. The van der Waals surface area contributed by atoms with Crippen molar-refractivity contribution in [3.63, 3.8) is 0 Å². The second-order valence-electron chi connectivity index (χ2n) is 6.80. The van der Waals surface area contributed by atoms with Crippen LogP contribution in [0.25, 0.3) is 0 Å². The van der Waals surface area contributed by atoms with E-state index in [0.717, 1.165) is 19.5 Å². The van der Waals surface area contributed by atoms with Gasteiger partial charge in [0.25, 0.3) is 0 Å². The van der Waals surface area contributed by atoms with Crippen LogP contribution in [0, 0.1) is 12.8 Å². The van der Waals surface area contributed by atoms with E-state index in [-0.39, 0.29) is 18.3 Å². The predicted molar refractivity (Wildman–Crippen MR) is 105 cm³/mol. The van der Waals surface area contributed by atoms with E-state index in [1.54, 1.807) is 0 Å². The molecule has 2 atom stereocenters. The number of benzene rings is 2. The first-order valence-corrected chi connectivity index (χ1v) is 8.75. The highest BCUT2D eigenvalue weighted by atomic mass is 35.5. The van der Waals surface area contributed by atoms with Gasteiger partial charge in [-0.2, -0.15) is 0 Å². The van der Waals surface area contributed by atoms with Crippen molar-refractivity contribution in [2.45, 2.75) is 25.7 Å². The van der Waals surface area contributed by atoms with Crippen LogP contribution in [-0.4, -0.2) is 30.4 Å². The first-order valence-electron chi connectivity index (χ1n) is 8.75. The fraction of sp³-hybridized carbons (Fsp3) is 0.381. The first kappa shape index (κ1) is 19.5. The third-order valence-electron chi connectivity index (χ3n) is 5.03. The monoisotopic (exact) mass is 358 g/mol. The van der Waals surface area contributed by atoms with E-state index in [0.29, 0.717) is 24.8 Å². The molecular weight excluding hydrogens is 332 g/mol. The van der Waals surface area contributed by atoms with Gasteiger partial charge in [-0.25, -0.2) is 0 Å². The van der Waals surface area contributed by atoms with Crippen LogP contribution in [-0.2, 0) is 11.2 Å². The van der Waals surface area contributed by atoms with Crippen LogP contribution in [0.1, 0.15) is 29.0 Å². The molecule has 2 N–H and O–H groups in total. The van der Waals surface area contributed by atoms with Gasteiger partial charge in [-0.05, 0) is 36.9 Å². The molecule has 1 fully saturated rings. The van der Waals surface area contributed by atoms with Gasteiger partial charge in [0.2, 0.25) is 5.91 Å². The Labute approximate surface area is 156 Å². The van der Waals surface area contributed by atoms with Crippen molar-refractivity contribution in [2.24, 2.45) is 11.7 Å². The Hall–Kier alpha value is -1.84. The normalized spacial score (nSPS) is 19.5. The molecule has 1 saturated heterocycles. The van der Waals surface area contributed by atoms with Gasteiger partial charge in [0.15, 0.2) is 0 Å². The molecule has 134 valence electrons. The van der Waals surface area contributed by atoms with Gasteiger partial charge in [-0.1, -0.05) is 60.2 Å². The zero-order chi connectivity index (χ0) is 16.9. The van der Waals surface area contributed by atoms with Crippen LogP contribution in [0.3, 0.4) is 0 Å². The van der Waals surface area contributed by atoms with Gasteiger partial charge in [0.05, 0.1) is 0 Å². The third kappa shape index (κ3) is 4.83.